The number of nitrogens with one attached hydrogen (secondary N) is 1. The molecule has 0 spiro atoms. The summed E-state index contributed by atoms with van der Waals surface area (Å²) in [7, 11) is 0. The number of dihydropyridines is 1. The number of Topliss-reactive ketones (excluding diaryl/α,β-unsaturated/α-hetero) is 2. The molecule has 0 fully saturated rings. The van der Waals surface area contributed by atoms with Crippen LogP contribution < -0.4 is 5.32 Å². The summed E-state index contributed by atoms with van der Waals surface area (Å²) < 4.78 is 0. The smallest absolute Gasteiger partial charge is 0.173 e. The summed E-state index contributed by atoms with van der Waals surface area (Å²) in [5.41, 5.74) is 5.80. The summed E-state index contributed by atoms with van der Waals surface area (Å²) in [4.78, 5) is 26.2. The zero-order valence-electron chi connectivity index (χ0n) is 17.8. The Morgan fingerprint density at radius 1 is 1.13 bits per heavy atom. The minimum Gasteiger partial charge on any atom is -0.353 e. The fraction of sp³-hybridized carbons (Fsp3) is 0.292. The Labute approximate surface area is 185 Å². The van der Waals surface area contributed by atoms with Gasteiger partial charge in [0, 0.05) is 21.7 Å². The fourth-order valence-corrected chi connectivity index (χ4v) is 5.60. The lowest BCUT2D eigenvalue weighted by Crippen LogP contribution is -2.27. The van der Waals surface area contributed by atoms with Crippen molar-refractivity contribution < 1.29 is 9.59 Å². The number of hydrogen-bond acceptors (Lipinski definition) is 6. The van der Waals surface area contributed by atoms with Crippen molar-refractivity contribution >= 4 is 34.7 Å². The maximum absolute atomic E-state index is 12.7. The van der Waals surface area contributed by atoms with Gasteiger partial charge >= 0.3 is 0 Å². The molecule has 2 heterocycles. The molecule has 1 aromatic carbocycles. The van der Waals surface area contributed by atoms with Crippen LogP contribution in [0.2, 0.25) is 0 Å². The second-order valence-corrected chi connectivity index (χ2v) is 9.42. The highest BCUT2D eigenvalue weighted by atomic mass is 32.2. The Bertz CT molecular complexity index is 1130. The molecule has 1 aliphatic rings. The van der Waals surface area contributed by atoms with Gasteiger partial charge in [-0.25, -0.2) is 0 Å². The normalized spacial score (nSPS) is 16.3. The van der Waals surface area contributed by atoms with Crippen LogP contribution in [0, 0.1) is 32.1 Å². The molecule has 1 unspecified atom stereocenters. The molecule has 0 bridgehead atoms. The van der Waals surface area contributed by atoms with Gasteiger partial charge in [-0.2, -0.15) is 5.26 Å². The highest BCUT2D eigenvalue weighted by molar-refractivity contribution is 8.03. The summed E-state index contributed by atoms with van der Waals surface area (Å²) in [5, 5.41) is 15.8. The van der Waals surface area contributed by atoms with Gasteiger partial charge in [-0.1, -0.05) is 23.9 Å². The van der Waals surface area contributed by atoms with Gasteiger partial charge in [0.15, 0.2) is 11.6 Å². The Morgan fingerprint density at radius 3 is 2.43 bits per heavy atom. The highest BCUT2D eigenvalue weighted by Gasteiger charge is 2.34. The van der Waals surface area contributed by atoms with Crippen molar-refractivity contribution in [2.24, 2.45) is 0 Å². The van der Waals surface area contributed by atoms with Crippen LogP contribution in [0.5, 0.6) is 0 Å². The maximum Gasteiger partial charge on any atom is 0.173 e. The van der Waals surface area contributed by atoms with Gasteiger partial charge < -0.3 is 5.32 Å². The zero-order valence-corrected chi connectivity index (χ0v) is 19.4. The van der Waals surface area contributed by atoms with E-state index < -0.39 is 5.92 Å². The predicted octanol–water partition coefficient (Wildman–Crippen LogP) is 5.57. The van der Waals surface area contributed by atoms with Crippen molar-refractivity contribution in [1.29, 1.82) is 5.26 Å². The molecular weight excluding hydrogens is 412 g/mol. The fourth-order valence-electron chi connectivity index (χ4n) is 3.57. The van der Waals surface area contributed by atoms with Gasteiger partial charge in [0.05, 0.1) is 28.3 Å². The van der Waals surface area contributed by atoms with Crippen LogP contribution in [-0.2, 0) is 4.79 Å². The van der Waals surface area contributed by atoms with Crippen LogP contribution in [0.15, 0.2) is 51.5 Å². The number of hydrogen-bond donors (Lipinski definition) is 1. The molecule has 0 saturated heterocycles. The molecule has 1 aliphatic heterocycles. The van der Waals surface area contributed by atoms with Crippen molar-refractivity contribution in [3.8, 4) is 6.07 Å². The molecule has 1 aromatic heterocycles. The van der Waals surface area contributed by atoms with Crippen molar-refractivity contribution in [2.75, 3.05) is 5.75 Å². The Morgan fingerprint density at radius 2 is 1.87 bits per heavy atom. The van der Waals surface area contributed by atoms with Crippen LogP contribution in [0.4, 0.5) is 0 Å². The second-order valence-electron chi connectivity index (χ2n) is 7.49. The number of carbonyl (C=O) groups is 2. The van der Waals surface area contributed by atoms with Gasteiger partial charge in [-0.15, -0.1) is 11.3 Å². The average molecular weight is 437 g/mol. The van der Waals surface area contributed by atoms with Gasteiger partial charge in [0.1, 0.15) is 0 Å². The molecule has 2 aromatic rings. The molecule has 1 atom stereocenters. The quantitative estimate of drug-likeness (QED) is 0.599. The first-order valence-corrected chi connectivity index (χ1v) is 11.5. The molecule has 0 saturated carbocycles. The summed E-state index contributed by atoms with van der Waals surface area (Å²) in [6.45, 7) is 9.39. The number of nitriles is 1. The van der Waals surface area contributed by atoms with Crippen LogP contribution >= 0.6 is 23.1 Å². The number of rotatable bonds is 6. The second kappa shape index (κ2) is 9.03. The predicted molar refractivity (Wildman–Crippen MR) is 124 cm³/mol. The number of allylic oxidation sites excluding steroid dienone is 3. The van der Waals surface area contributed by atoms with E-state index in [1.54, 1.807) is 11.3 Å². The lowest BCUT2D eigenvalue weighted by Gasteiger charge is -2.29. The first-order chi connectivity index (χ1) is 14.2. The van der Waals surface area contributed by atoms with Crippen LogP contribution in [0.3, 0.4) is 0 Å². The third-order valence-corrected chi connectivity index (χ3v) is 7.47. The number of ketones is 2. The van der Waals surface area contributed by atoms with Gasteiger partial charge in [0.2, 0.25) is 0 Å². The van der Waals surface area contributed by atoms with Crippen molar-refractivity contribution in [3.63, 3.8) is 0 Å². The molecular formula is C24H24N2O2S2. The molecule has 0 aliphatic carbocycles. The Hall–Kier alpha value is -2.62. The van der Waals surface area contributed by atoms with E-state index in [0.29, 0.717) is 21.7 Å². The van der Waals surface area contributed by atoms with E-state index >= 15 is 0 Å². The lowest BCUT2D eigenvalue weighted by molar-refractivity contribution is -0.113. The number of thiophene rings is 1. The average Bonchev–Trinajstić information content (AvgIpc) is 3.12. The zero-order chi connectivity index (χ0) is 22.0. The van der Waals surface area contributed by atoms with E-state index in [2.05, 4.69) is 11.4 Å². The lowest BCUT2D eigenvalue weighted by atomic mass is 9.84. The molecule has 1 N–H and O–H groups in total. The number of benzene rings is 1. The van der Waals surface area contributed by atoms with Gasteiger partial charge in [-0.3, -0.25) is 9.59 Å². The number of thioether (sulfide) groups is 1. The largest absolute Gasteiger partial charge is 0.353 e. The third-order valence-electron chi connectivity index (χ3n) is 5.37. The van der Waals surface area contributed by atoms with Crippen LogP contribution in [0.1, 0.15) is 51.7 Å². The number of aryl methyl sites for hydroxylation is 3. The van der Waals surface area contributed by atoms with Gasteiger partial charge in [0.25, 0.3) is 0 Å². The van der Waals surface area contributed by atoms with Crippen molar-refractivity contribution in [3.05, 3.63) is 78.6 Å². The van der Waals surface area contributed by atoms with Crippen LogP contribution in [0.25, 0.3) is 0 Å². The monoisotopic (exact) mass is 436 g/mol. The maximum atomic E-state index is 12.7. The summed E-state index contributed by atoms with van der Waals surface area (Å²) in [5.74, 6) is -0.221. The standard InChI is InChI=1S/C24H24N2O2S2/c1-13-6-7-18(10-15(13)3)20(28)12-30-24-19(11-25)22(23-14(2)8-9-29-23)21(17(5)27)16(4)26-24/h6-10,22,26H,12H2,1-5H3. The highest BCUT2D eigenvalue weighted by Crippen LogP contribution is 2.43. The molecule has 154 valence electrons. The first kappa shape index (κ1) is 22.1. The molecule has 0 amide bonds. The number of carbonyl (C=O) groups excluding carboxylic acids is 2. The summed E-state index contributed by atoms with van der Waals surface area (Å²) >= 11 is 2.87. The van der Waals surface area contributed by atoms with Crippen molar-refractivity contribution in [1.82, 2.24) is 5.32 Å². The Balaban J connectivity index is 1.94. The Kier molecular flexibility index (Phi) is 6.64. The minimum atomic E-state index is -0.395. The molecule has 3 rings (SSSR count). The van der Waals surface area contributed by atoms with E-state index in [-0.39, 0.29) is 17.3 Å². The molecule has 30 heavy (non-hydrogen) atoms. The molecule has 0 radical (unpaired) electrons. The van der Waals surface area contributed by atoms with Crippen LogP contribution in [-0.4, -0.2) is 17.3 Å². The van der Waals surface area contributed by atoms with E-state index in [0.717, 1.165) is 27.3 Å². The van der Waals surface area contributed by atoms with Crippen molar-refractivity contribution in [2.45, 2.75) is 40.5 Å². The number of nitrogens with zero attached hydrogens (tertiary/aromatic N) is 1. The van der Waals surface area contributed by atoms with E-state index in [4.69, 9.17) is 0 Å². The topological polar surface area (TPSA) is 70.0 Å². The van der Waals surface area contributed by atoms with Gasteiger partial charge in [-0.05, 0) is 68.8 Å². The molecule has 4 nitrogen and oxygen atoms in total. The first-order valence-electron chi connectivity index (χ1n) is 9.64. The molecule has 6 heteroatoms. The third kappa shape index (κ3) is 4.28. The summed E-state index contributed by atoms with van der Waals surface area (Å²) in [6, 6.07) is 10.0. The van der Waals surface area contributed by atoms with E-state index in [9.17, 15) is 14.9 Å². The van der Waals surface area contributed by atoms with E-state index in [1.807, 2.05) is 57.3 Å². The summed E-state index contributed by atoms with van der Waals surface area (Å²) in [6.07, 6.45) is 0. The SMILES string of the molecule is CC(=O)C1=C(C)NC(SCC(=O)c2ccc(C)c(C)c2)=C(C#N)C1c1sccc1C. The van der Waals surface area contributed by atoms with E-state index in [1.165, 1.54) is 18.7 Å². The minimum absolute atomic E-state index is 0.0116.